The van der Waals surface area contributed by atoms with Gasteiger partial charge in [-0.1, -0.05) is 49.2 Å². The molecule has 0 saturated heterocycles. The summed E-state index contributed by atoms with van der Waals surface area (Å²) >= 11 is 6.21. The molecule has 2 atom stereocenters. The standard InChI is InChI=1S/C30H30ClFN2O3/c1-3-4-23(19-5-7-21(8-6-19)30(37)33-14-13-27(35)36)28(20-9-11-22(31)12-10-20)25-17-34-29-24(25)15-18(2)16-26(29)32/h5-12,15-17,23,28,34H,3-4,13-14H2,1-2H3,(H,33,37)(H,35,36)/t23?,28-/m0/s1. The van der Waals surface area contributed by atoms with E-state index in [1.807, 2.05) is 55.6 Å². The van der Waals surface area contributed by atoms with Gasteiger partial charge < -0.3 is 15.4 Å². The first kappa shape index (κ1) is 26.4. The lowest BCUT2D eigenvalue weighted by Gasteiger charge is -2.28. The predicted octanol–water partition coefficient (Wildman–Crippen LogP) is 7.19. The number of rotatable bonds is 10. The van der Waals surface area contributed by atoms with Gasteiger partial charge in [0.25, 0.3) is 5.91 Å². The van der Waals surface area contributed by atoms with E-state index in [2.05, 4.69) is 17.2 Å². The predicted molar refractivity (Wildman–Crippen MR) is 145 cm³/mol. The van der Waals surface area contributed by atoms with Gasteiger partial charge in [-0.25, -0.2) is 4.39 Å². The zero-order valence-corrected chi connectivity index (χ0v) is 21.6. The normalized spacial score (nSPS) is 12.9. The van der Waals surface area contributed by atoms with Gasteiger partial charge in [-0.15, -0.1) is 0 Å². The van der Waals surface area contributed by atoms with Crippen molar-refractivity contribution in [3.8, 4) is 0 Å². The number of halogens is 2. The fraction of sp³-hybridized carbons (Fsp3) is 0.267. The third-order valence-electron chi connectivity index (χ3n) is 6.71. The van der Waals surface area contributed by atoms with Crippen LogP contribution in [0, 0.1) is 12.7 Å². The van der Waals surface area contributed by atoms with Crippen LogP contribution in [0.4, 0.5) is 4.39 Å². The number of hydrogen-bond donors (Lipinski definition) is 3. The number of amides is 1. The van der Waals surface area contributed by atoms with Gasteiger partial charge in [0.15, 0.2) is 0 Å². The Morgan fingerprint density at radius 3 is 2.38 bits per heavy atom. The highest BCUT2D eigenvalue weighted by molar-refractivity contribution is 6.30. The van der Waals surface area contributed by atoms with E-state index in [-0.39, 0.29) is 36.5 Å². The van der Waals surface area contributed by atoms with Crippen LogP contribution in [0.2, 0.25) is 5.02 Å². The van der Waals surface area contributed by atoms with Crippen LogP contribution >= 0.6 is 11.6 Å². The van der Waals surface area contributed by atoms with Crippen LogP contribution in [0.5, 0.6) is 0 Å². The van der Waals surface area contributed by atoms with E-state index in [0.717, 1.165) is 40.5 Å². The Hall–Kier alpha value is -3.64. The lowest BCUT2D eigenvalue weighted by atomic mass is 9.75. The number of nitrogens with one attached hydrogen (secondary N) is 2. The Bertz CT molecular complexity index is 1400. The number of aliphatic carboxylic acids is 1. The molecule has 1 aromatic heterocycles. The van der Waals surface area contributed by atoms with Crippen molar-refractivity contribution in [1.29, 1.82) is 0 Å². The molecule has 0 aliphatic carbocycles. The fourth-order valence-corrected chi connectivity index (χ4v) is 5.13. The molecule has 7 heteroatoms. The van der Waals surface area contributed by atoms with Crippen molar-refractivity contribution < 1.29 is 19.1 Å². The van der Waals surface area contributed by atoms with Gasteiger partial charge in [0.05, 0.1) is 11.9 Å². The Kier molecular flexibility index (Phi) is 8.29. The molecule has 0 aliphatic heterocycles. The number of carbonyl (C=O) groups excluding carboxylic acids is 1. The molecule has 0 aliphatic rings. The van der Waals surface area contributed by atoms with Gasteiger partial charge >= 0.3 is 5.97 Å². The van der Waals surface area contributed by atoms with Crippen LogP contribution < -0.4 is 5.32 Å². The lowest BCUT2D eigenvalue weighted by Crippen LogP contribution is -2.26. The minimum atomic E-state index is -0.960. The second-order valence-corrected chi connectivity index (χ2v) is 9.80. The molecule has 1 amide bonds. The number of aromatic amines is 1. The molecule has 0 radical (unpaired) electrons. The second kappa shape index (κ2) is 11.6. The third-order valence-corrected chi connectivity index (χ3v) is 6.96. The van der Waals surface area contributed by atoms with Crippen molar-refractivity contribution in [2.45, 2.75) is 44.9 Å². The van der Waals surface area contributed by atoms with E-state index in [4.69, 9.17) is 16.7 Å². The summed E-state index contributed by atoms with van der Waals surface area (Å²) < 4.78 is 14.8. The summed E-state index contributed by atoms with van der Waals surface area (Å²) in [6.45, 7) is 4.10. The summed E-state index contributed by atoms with van der Waals surface area (Å²) in [6.07, 6.45) is 3.58. The maximum Gasteiger partial charge on any atom is 0.305 e. The first-order valence-electron chi connectivity index (χ1n) is 12.4. The quantitative estimate of drug-likeness (QED) is 0.207. The highest BCUT2D eigenvalue weighted by atomic mass is 35.5. The molecule has 3 aromatic carbocycles. The molecule has 3 N–H and O–H groups in total. The number of hydrogen-bond acceptors (Lipinski definition) is 2. The number of benzene rings is 3. The molecular weight excluding hydrogens is 491 g/mol. The largest absolute Gasteiger partial charge is 0.481 e. The maximum atomic E-state index is 14.8. The number of aryl methyl sites for hydroxylation is 1. The summed E-state index contributed by atoms with van der Waals surface area (Å²) in [4.78, 5) is 26.3. The van der Waals surface area contributed by atoms with Crippen molar-refractivity contribution >= 4 is 34.4 Å². The minimum absolute atomic E-state index is 0.0536. The SMILES string of the molecule is CCCC(c1ccc(C(=O)NCCC(=O)O)cc1)[C@H](c1ccc(Cl)cc1)c1c[nH]c2c(F)cc(C)cc12. The van der Waals surface area contributed by atoms with Crippen molar-refractivity contribution in [2.24, 2.45) is 0 Å². The zero-order valence-electron chi connectivity index (χ0n) is 20.9. The van der Waals surface area contributed by atoms with Crippen LogP contribution in [0.1, 0.15) is 70.6 Å². The monoisotopic (exact) mass is 520 g/mol. The van der Waals surface area contributed by atoms with E-state index in [1.54, 1.807) is 12.1 Å². The molecule has 1 heterocycles. The first-order valence-corrected chi connectivity index (χ1v) is 12.8. The molecule has 5 nitrogen and oxygen atoms in total. The van der Waals surface area contributed by atoms with Gasteiger partial charge in [0.2, 0.25) is 0 Å². The van der Waals surface area contributed by atoms with Crippen LogP contribution in [0.25, 0.3) is 10.9 Å². The lowest BCUT2D eigenvalue weighted by molar-refractivity contribution is -0.136. The minimum Gasteiger partial charge on any atom is -0.481 e. The summed E-state index contributed by atoms with van der Waals surface area (Å²) in [7, 11) is 0. The van der Waals surface area contributed by atoms with E-state index in [1.165, 1.54) is 6.07 Å². The molecule has 4 rings (SSSR count). The topological polar surface area (TPSA) is 82.2 Å². The van der Waals surface area contributed by atoms with Crippen molar-refractivity contribution in [1.82, 2.24) is 10.3 Å². The molecule has 37 heavy (non-hydrogen) atoms. The highest BCUT2D eigenvalue weighted by Crippen LogP contribution is 2.44. The van der Waals surface area contributed by atoms with Crippen molar-refractivity contribution in [2.75, 3.05) is 6.54 Å². The van der Waals surface area contributed by atoms with Crippen molar-refractivity contribution in [3.05, 3.63) is 106 Å². The third kappa shape index (κ3) is 6.03. The van der Waals surface area contributed by atoms with Gasteiger partial charge in [0, 0.05) is 34.6 Å². The molecule has 0 spiro atoms. The number of carboxylic acid groups (broad SMARTS) is 1. The second-order valence-electron chi connectivity index (χ2n) is 9.36. The molecule has 192 valence electrons. The molecule has 1 unspecified atom stereocenters. The summed E-state index contributed by atoms with van der Waals surface area (Å²) in [5.41, 5.74) is 4.95. The first-order chi connectivity index (χ1) is 17.8. The number of aromatic nitrogens is 1. The molecule has 0 saturated carbocycles. The summed E-state index contributed by atoms with van der Waals surface area (Å²) in [5.74, 6) is -1.57. The average Bonchev–Trinajstić information content (AvgIpc) is 3.28. The highest BCUT2D eigenvalue weighted by Gasteiger charge is 2.29. The van der Waals surface area contributed by atoms with Crippen LogP contribution in [0.15, 0.2) is 66.9 Å². The summed E-state index contributed by atoms with van der Waals surface area (Å²) in [6, 6.07) is 18.8. The molecule has 0 bridgehead atoms. The van der Waals surface area contributed by atoms with Gasteiger partial charge in [-0.2, -0.15) is 0 Å². The Morgan fingerprint density at radius 2 is 1.73 bits per heavy atom. The van der Waals surface area contributed by atoms with Crippen LogP contribution in [-0.4, -0.2) is 28.5 Å². The van der Waals surface area contributed by atoms with E-state index in [9.17, 15) is 14.0 Å². The summed E-state index contributed by atoms with van der Waals surface area (Å²) in [5, 5.41) is 12.9. The molecular formula is C30H30ClFN2O3. The Labute approximate surface area is 220 Å². The van der Waals surface area contributed by atoms with E-state index in [0.29, 0.717) is 16.1 Å². The van der Waals surface area contributed by atoms with Crippen molar-refractivity contribution in [3.63, 3.8) is 0 Å². The van der Waals surface area contributed by atoms with E-state index < -0.39 is 5.97 Å². The number of carboxylic acids is 1. The fourth-order valence-electron chi connectivity index (χ4n) is 5.00. The Balaban J connectivity index is 1.76. The van der Waals surface area contributed by atoms with Crippen LogP contribution in [0.3, 0.4) is 0 Å². The number of H-pyrrole nitrogens is 1. The Morgan fingerprint density at radius 1 is 1.05 bits per heavy atom. The van der Waals surface area contributed by atoms with E-state index >= 15 is 0 Å². The number of fused-ring (bicyclic) bond motifs is 1. The molecule has 4 aromatic rings. The zero-order chi connectivity index (χ0) is 26.5. The van der Waals surface area contributed by atoms with Gasteiger partial charge in [0.1, 0.15) is 5.82 Å². The van der Waals surface area contributed by atoms with Crippen LogP contribution in [-0.2, 0) is 4.79 Å². The van der Waals surface area contributed by atoms with Gasteiger partial charge in [-0.05, 0) is 77.9 Å². The molecule has 0 fully saturated rings. The maximum absolute atomic E-state index is 14.8. The smallest absolute Gasteiger partial charge is 0.305 e. The van der Waals surface area contributed by atoms with Gasteiger partial charge in [-0.3, -0.25) is 9.59 Å². The average molecular weight is 521 g/mol. The number of carbonyl (C=O) groups is 2.